The summed E-state index contributed by atoms with van der Waals surface area (Å²) in [5.74, 6) is -1.32. The summed E-state index contributed by atoms with van der Waals surface area (Å²) in [6.45, 7) is 1.94. The van der Waals surface area contributed by atoms with Crippen molar-refractivity contribution in [1.29, 1.82) is 0 Å². The number of benzene rings is 1. The molecule has 0 aliphatic rings. The second kappa shape index (κ2) is 5.46. The minimum Gasteiger partial charge on any atom is -0.508 e. The molecule has 0 bridgehead atoms. The number of phenolic OH excluding ortho intramolecular Hbond substituents is 1. The number of carbonyl (C=O) groups is 1. The maximum absolute atomic E-state index is 13.0. The van der Waals surface area contributed by atoms with E-state index in [-0.39, 0.29) is 12.4 Å². The van der Waals surface area contributed by atoms with Gasteiger partial charge in [0.05, 0.1) is 6.61 Å². The molecule has 0 aliphatic carbocycles. The van der Waals surface area contributed by atoms with Crippen LogP contribution in [0, 0.1) is 5.82 Å². The van der Waals surface area contributed by atoms with Crippen molar-refractivity contribution >= 4 is 5.97 Å². The van der Waals surface area contributed by atoms with Crippen molar-refractivity contribution in [3.05, 3.63) is 29.6 Å². The molecular formula is C11H14FNO3. The number of hydrogen-bond acceptors (Lipinski definition) is 4. The van der Waals surface area contributed by atoms with E-state index in [2.05, 4.69) is 5.32 Å². The van der Waals surface area contributed by atoms with Crippen LogP contribution in [0.5, 0.6) is 5.75 Å². The van der Waals surface area contributed by atoms with Crippen LogP contribution in [0.3, 0.4) is 0 Å². The molecule has 1 rings (SSSR count). The molecule has 0 aliphatic heterocycles. The molecule has 0 spiro atoms. The predicted octanol–water partition coefficient (Wildman–Crippen LogP) is 1.35. The zero-order valence-electron chi connectivity index (χ0n) is 9.16. The number of rotatable bonds is 4. The van der Waals surface area contributed by atoms with Crippen LogP contribution in [0.1, 0.15) is 18.5 Å². The quantitative estimate of drug-likeness (QED) is 0.762. The average Bonchev–Trinajstić information content (AvgIpc) is 2.17. The molecule has 0 heterocycles. The third kappa shape index (κ3) is 2.93. The summed E-state index contributed by atoms with van der Waals surface area (Å²) in [4.78, 5) is 11.5. The average molecular weight is 227 g/mol. The van der Waals surface area contributed by atoms with Crippen molar-refractivity contribution in [2.24, 2.45) is 0 Å². The van der Waals surface area contributed by atoms with Gasteiger partial charge in [0.15, 0.2) is 0 Å². The lowest BCUT2D eigenvalue weighted by Gasteiger charge is -2.15. The van der Waals surface area contributed by atoms with E-state index < -0.39 is 17.8 Å². The van der Waals surface area contributed by atoms with Crippen molar-refractivity contribution in [2.75, 3.05) is 13.7 Å². The molecule has 1 aromatic rings. The van der Waals surface area contributed by atoms with Crippen LogP contribution in [0.25, 0.3) is 0 Å². The summed E-state index contributed by atoms with van der Waals surface area (Å²) < 4.78 is 17.9. The second-order valence-corrected chi connectivity index (χ2v) is 3.22. The first kappa shape index (κ1) is 12.4. The van der Waals surface area contributed by atoms with Gasteiger partial charge < -0.3 is 15.2 Å². The van der Waals surface area contributed by atoms with Crippen molar-refractivity contribution in [3.8, 4) is 5.75 Å². The summed E-state index contributed by atoms with van der Waals surface area (Å²) >= 11 is 0. The zero-order valence-corrected chi connectivity index (χ0v) is 9.16. The molecule has 1 aromatic carbocycles. The summed E-state index contributed by atoms with van der Waals surface area (Å²) in [5, 5.41) is 11.9. The molecule has 0 saturated heterocycles. The number of likely N-dealkylation sites (N-methyl/N-ethyl adjacent to an activating group) is 1. The van der Waals surface area contributed by atoms with Gasteiger partial charge in [0.25, 0.3) is 0 Å². The van der Waals surface area contributed by atoms with Crippen molar-refractivity contribution in [2.45, 2.75) is 13.0 Å². The van der Waals surface area contributed by atoms with E-state index in [4.69, 9.17) is 4.74 Å². The van der Waals surface area contributed by atoms with Crippen molar-refractivity contribution < 1.29 is 19.0 Å². The Balaban J connectivity index is 2.98. The first-order valence-corrected chi connectivity index (χ1v) is 4.91. The Morgan fingerprint density at radius 1 is 1.56 bits per heavy atom. The number of phenols is 1. The van der Waals surface area contributed by atoms with Crippen LogP contribution in [0.2, 0.25) is 0 Å². The van der Waals surface area contributed by atoms with E-state index in [9.17, 15) is 14.3 Å². The van der Waals surface area contributed by atoms with Gasteiger partial charge in [-0.2, -0.15) is 0 Å². The third-order valence-corrected chi connectivity index (χ3v) is 2.05. The van der Waals surface area contributed by atoms with Crippen molar-refractivity contribution in [1.82, 2.24) is 5.32 Å². The normalized spacial score (nSPS) is 12.2. The molecular weight excluding hydrogens is 213 g/mol. The molecule has 0 saturated carbocycles. The Labute approximate surface area is 93.0 Å². The lowest BCUT2D eigenvalue weighted by atomic mass is 10.1. The number of halogens is 1. The van der Waals surface area contributed by atoms with Gasteiger partial charge in [-0.25, -0.2) is 9.18 Å². The lowest BCUT2D eigenvalue weighted by Crippen LogP contribution is -2.27. The number of aromatic hydroxyl groups is 1. The third-order valence-electron chi connectivity index (χ3n) is 2.05. The highest BCUT2D eigenvalue weighted by atomic mass is 19.1. The van der Waals surface area contributed by atoms with Gasteiger partial charge in [0, 0.05) is 6.07 Å². The number of esters is 1. The molecule has 4 nitrogen and oxygen atoms in total. The minimum absolute atomic E-state index is 0.223. The van der Waals surface area contributed by atoms with Crippen LogP contribution in [0.15, 0.2) is 18.2 Å². The van der Waals surface area contributed by atoms with Gasteiger partial charge in [-0.15, -0.1) is 0 Å². The second-order valence-electron chi connectivity index (χ2n) is 3.22. The Morgan fingerprint density at radius 3 is 2.75 bits per heavy atom. The molecule has 2 N–H and O–H groups in total. The first-order valence-electron chi connectivity index (χ1n) is 4.91. The largest absolute Gasteiger partial charge is 0.508 e. The van der Waals surface area contributed by atoms with Gasteiger partial charge in [-0.1, -0.05) is 0 Å². The fraction of sp³-hybridized carbons (Fsp3) is 0.364. The minimum atomic E-state index is -0.776. The topological polar surface area (TPSA) is 58.6 Å². The van der Waals surface area contributed by atoms with E-state index >= 15 is 0 Å². The van der Waals surface area contributed by atoms with Crippen LogP contribution < -0.4 is 5.32 Å². The zero-order chi connectivity index (χ0) is 12.1. The Bertz CT molecular complexity index is 361. The van der Waals surface area contributed by atoms with Gasteiger partial charge >= 0.3 is 5.97 Å². The van der Waals surface area contributed by atoms with Crippen LogP contribution in [-0.2, 0) is 9.53 Å². The fourth-order valence-electron chi connectivity index (χ4n) is 1.41. The Morgan fingerprint density at radius 2 is 2.25 bits per heavy atom. The van der Waals surface area contributed by atoms with Crippen LogP contribution in [0.4, 0.5) is 4.39 Å². The van der Waals surface area contributed by atoms with E-state index in [0.29, 0.717) is 5.56 Å². The Hall–Kier alpha value is -1.62. The highest BCUT2D eigenvalue weighted by Crippen LogP contribution is 2.21. The number of nitrogens with one attached hydrogen (secondary N) is 1. The SMILES string of the molecule is CCOC(=O)C(NC)c1cc(O)cc(F)c1. The molecule has 0 aromatic heterocycles. The van der Waals surface area contributed by atoms with Gasteiger partial charge in [-0.05, 0) is 31.7 Å². The van der Waals surface area contributed by atoms with E-state index in [1.807, 2.05) is 0 Å². The van der Waals surface area contributed by atoms with Crippen LogP contribution in [-0.4, -0.2) is 24.7 Å². The fourth-order valence-corrected chi connectivity index (χ4v) is 1.41. The lowest BCUT2D eigenvalue weighted by molar-refractivity contribution is -0.145. The molecule has 16 heavy (non-hydrogen) atoms. The summed E-state index contributed by atoms with van der Waals surface area (Å²) in [6, 6.07) is 2.70. The van der Waals surface area contributed by atoms with Crippen LogP contribution >= 0.6 is 0 Å². The van der Waals surface area contributed by atoms with Gasteiger partial charge in [-0.3, -0.25) is 0 Å². The summed E-state index contributed by atoms with van der Waals surface area (Å²) in [5.41, 5.74) is 0.332. The summed E-state index contributed by atoms with van der Waals surface area (Å²) in [7, 11) is 1.56. The van der Waals surface area contributed by atoms with E-state index in [1.165, 1.54) is 12.1 Å². The number of ether oxygens (including phenoxy) is 1. The first-order chi connectivity index (χ1) is 7.58. The molecule has 5 heteroatoms. The molecule has 88 valence electrons. The smallest absolute Gasteiger partial charge is 0.327 e. The highest BCUT2D eigenvalue weighted by molar-refractivity contribution is 5.77. The maximum atomic E-state index is 13.0. The van der Waals surface area contributed by atoms with Crippen molar-refractivity contribution in [3.63, 3.8) is 0 Å². The number of carbonyl (C=O) groups excluding carboxylic acids is 1. The standard InChI is InChI=1S/C11H14FNO3/c1-3-16-11(15)10(13-2)7-4-8(12)6-9(14)5-7/h4-6,10,13-14H,3H2,1-2H3. The van der Waals surface area contributed by atoms with E-state index in [0.717, 1.165) is 6.07 Å². The van der Waals surface area contributed by atoms with Gasteiger partial charge in [0.1, 0.15) is 17.6 Å². The molecule has 1 atom stereocenters. The maximum Gasteiger partial charge on any atom is 0.327 e. The predicted molar refractivity (Wildman–Crippen MR) is 56.5 cm³/mol. The molecule has 0 fully saturated rings. The number of hydrogen-bond donors (Lipinski definition) is 2. The summed E-state index contributed by atoms with van der Waals surface area (Å²) in [6.07, 6.45) is 0. The Kier molecular flexibility index (Phi) is 4.25. The molecule has 0 radical (unpaired) electrons. The van der Waals surface area contributed by atoms with Gasteiger partial charge in [0.2, 0.25) is 0 Å². The highest BCUT2D eigenvalue weighted by Gasteiger charge is 2.20. The molecule has 0 amide bonds. The molecule has 1 unspecified atom stereocenters. The van der Waals surface area contributed by atoms with E-state index in [1.54, 1.807) is 14.0 Å². The monoisotopic (exact) mass is 227 g/mol.